The van der Waals surface area contributed by atoms with E-state index in [1.807, 2.05) is 13.8 Å². The van der Waals surface area contributed by atoms with Crippen LogP contribution in [0.25, 0.3) is 0 Å². The van der Waals surface area contributed by atoms with Crippen molar-refractivity contribution in [1.82, 2.24) is 10.2 Å². The Bertz CT molecular complexity index is 1120. The van der Waals surface area contributed by atoms with E-state index in [4.69, 9.17) is 23.2 Å². The number of sulfonamides is 1. The van der Waals surface area contributed by atoms with Crippen molar-refractivity contribution in [3.05, 3.63) is 63.1 Å². The number of halogens is 2. The molecule has 0 bridgehead atoms. The van der Waals surface area contributed by atoms with Crippen molar-refractivity contribution < 1.29 is 18.0 Å². The van der Waals surface area contributed by atoms with E-state index in [0.717, 1.165) is 21.7 Å². The average Bonchev–Trinajstić information content (AvgIpc) is 2.72. The summed E-state index contributed by atoms with van der Waals surface area (Å²) in [6.45, 7) is 4.96. The number of benzene rings is 2. The number of carbonyl (C=O) groups excluding carboxylic acids is 2. The first-order valence-electron chi connectivity index (χ1n) is 9.85. The Kier molecular flexibility index (Phi) is 8.56. The van der Waals surface area contributed by atoms with Gasteiger partial charge in [0.15, 0.2) is 0 Å². The van der Waals surface area contributed by atoms with Crippen molar-refractivity contribution in [3.63, 3.8) is 0 Å². The summed E-state index contributed by atoms with van der Waals surface area (Å²) in [5.74, 6) is -0.911. The molecule has 0 saturated heterocycles. The van der Waals surface area contributed by atoms with Gasteiger partial charge in [-0.3, -0.25) is 13.9 Å². The fourth-order valence-corrected chi connectivity index (χ4v) is 4.28. The molecule has 7 nitrogen and oxygen atoms in total. The van der Waals surface area contributed by atoms with Gasteiger partial charge in [-0.15, -0.1) is 0 Å². The number of hydrogen-bond donors (Lipinski definition) is 1. The van der Waals surface area contributed by atoms with Crippen molar-refractivity contribution in [2.24, 2.45) is 0 Å². The Morgan fingerprint density at radius 3 is 2.22 bits per heavy atom. The molecule has 0 saturated carbocycles. The molecule has 2 aromatic carbocycles. The molecule has 10 heteroatoms. The fourth-order valence-electron chi connectivity index (χ4n) is 3.12. The number of anilines is 1. The summed E-state index contributed by atoms with van der Waals surface area (Å²) < 4.78 is 26.1. The van der Waals surface area contributed by atoms with Crippen LogP contribution in [0.3, 0.4) is 0 Å². The smallest absolute Gasteiger partial charge is 0.244 e. The van der Waals surface area contributed by atoms with Crippen molar-refractivity contribution in [2.45, 2.75) is 33.4 Å². The van der Waals surface area contributed by atoms with Crippen LogP contribution in [0, 0.1) is 13.8 Å². The third kappa shape index (κ3) is 6.37. The summed E-state index contributed by atoms with van der Waals surface area (Å²) in [5.41, 5.74) is 2.93. The summed E-state index contributed by atoms with van der Waals surface area (Å²) in [7, 11) is -2.30. The van der Waals surface area contributed by atoms with Crippen molar-refractivity contribution in [2.75, 3.05) is 24.2 Å². The molecule has 174 valence electrons. The van der Waals surface area contributed by atoms with E-state index in [0.29, 0.717) is 21.3 Å². The molecule has 0 aliphatic heterocycles. The van der Waals surface area contributed by atoms with E-state index in [9.17, 15) is 18.0 Å². The Balaban J connectivity index is 2.42. The molecule has 2 aromatic rings. The number of amides is 2. The lowest BCUT2D eigenvalue weighted by Crippen LogP contribution is -2.50. The van der Waals surface area contributed by atoms with Gasteiger partial charge < -0.3 is 10.2 Å². The first-order valence-corrected chi connectivity index (χ1v) is 12.5. The number of nitrogens with zero attached hydrogens (tertiary/aromatic N) is 2. The second-order valence-corrected chi connectivity index (χ2v) is 10.3. The minimum Gasteiger partial charge on any atom is -0.357 e. The minimum absolute atomic E-state index is 0.0504. The first kappa shape index (κ1) is 26.0. The van der Waals surface area contributed by atoms with Crippen LogP contribution in [0.15, 0.2) is 36.4 Å². The van der Waals surface area contributed by atoms with E-state index < -0.39 is 28.5 Å². The SMILES string of the molecule is CNC(=O)[C@@H](C)N(Cc1ccc(Cl)c(Cl)c1)C(=O)CN(c1ccc(C)c(C)c1)S(C)(=O)=O. The van der Waals surface area contributed by atoms with Crippen LogP contribution in [-0.2, 0) is 26.2 Å². The van der Waals surface area contributed by atoms with Gasteiger partial charge in [0.05, 0.1) is 22.0 Å². The predicted octanol–water partition coefficient (Wildman–Crippen LogP) is 3.54. The predicted molar refractivity (Wildman–Crippen MR) is 129 cm³/mol. The molecular formula is C22H27Cl2N3O4S. The largest absolute Gasteiger partial charge is 0.357 e. The molecule has 0 unspecified atom stereocenters. The second-order valence-electron chi connectivity index (χ2n) is 7.60. The molecule has 0 fully saturated rings. The monoisotopic (exact) mass is 499 g/mol. The number of rotatable bonds is 8. The normalized spacial score (nSPS) is 12.2. The number of likely N-dealkylation sites (N-methyl/N-ethyl adjacent to an activating group) is 1. The molecule has 1 atom stereocenters. The van der Waals surface area contributed by atoms with Crippen LogP contribution >= 0.6 is 23.2 Å². The van der Waals surface area contributed by atoms with Crippen LogP contribution < -0.4 is 9.62 Å². The minimum atomic E-state index is -3.77. The number of aryl methyl sites for hydroxylation is 2. The highest BCUT2D eigenvalue weighted by Gasteiger charge is 2.29. The molecule has 2 amide bonds. The van der Waals surface area contributed by atoms with Gasteiger partial charge in [-0.2, -0.15) is 0 Å². The Hall–Kier alpha value is -2.29. The van der Waals surface area contributed by atoms with E-state index >= 15 is 0 Å². The number of carbonyl (C=O) groups is 2. The molecule has 2 rings (SSSR count). The molecule has 0 aliphatic carbocycles. The highest BCUT2D eigenvalue weighted by atomic mass is 35.5. The lowest BCUT2D eigenvalue weighted by Gasteiger charge is -2.31. The maximum Gasteiger partial charge on any atom is 0.244 e. The van der Waals surface area contributed by atoms with Crippen LogP contribution in [-0.4, -0.2) is 51.0 Å². The van der Waals surface area contributed by atoms with Gasteiger partial charge in [-0.05, 0) is 61.7 Å². The molecule has 32 heavy (non-hydrogen) atoms. The third-order valence-corrected chi connectivity index (χ3v) is 7.09. The van der Waals surface area contributed by atoms with Gasteiger partial charge in [0, 0.05) is 13.6 Å². The summed E-state index contributed by atoms with van der Waals surface area (Å²) in [6, 6.07) is 9.24. The van der Waals surface area contributed by atoms with Crippen LogP contribution in [0.2, 0.25) is 10.0 Å². The van der Waals surface area contributed by atoms with Gasteiger partial charge in [-0.25, -0.2) is 8.42 Å². The molecule has 0 aliphatic rings. The van der Waals surface area contributed by atoms with E-state index in [-0.39, 0.29) is 12.5 Å². The van der Waals surface area contributed by atoms with E-state index in [1.54, 1.807) is 43.3 Å². The first-order chi connectivity index (χ1) is 14.8. The van der Waals surface area contributed by atoms with Crippen molar-refractivity contribution >= 4 is 50.7 Å². The van der Waals surface area contributed by atoms with E-state index in [2.05, 4.69) is 5.32 Å². The summed E-state index contributed by atoms with van der Waals surface area (Å²) in [4.78, 5) is 27.0. The zero-order valence-electron chi connectivity index (χ0n) is 18.6. The standard InChI is InChI=1S/C22H27Cl2N3O4S/c1-14-6-8-18(10-15(14)2)27(32(5,30)31)13-21(28)26(16(3)22(29)25-4)12-17-7-9-19(23)20(24)11-17/h6-11,16H,12-13H2,1-5H3,(H,25,29)/t16-/m1/s1. The van der Waals surface area contributed by atoms with E-state index in [1.165, 1.54) is 11.9 Å². The summed E-state index contributed by atoms with van der Waals surface area (Å²) in [6.07, 6.45) is 1.04. The summed E-state index contributed by atoms with van der Waals surface area (Å²) >= 11 is 12.1. The molecule has 0 heterocycles. The number of nitrogens with one attached hydrogen (secondary N) is 1. The van der Waals surface area contributed by atoms with Gasteiger partial charge >= 0.3 is 0 Å². The molecule has 0 aromatic heterocycles. The highest BCUT2D eigenvalue weighted by Crippen LogP contribution is 2.25. The molecule has 1 N–H and O–H groups in total. The zero-order chi connectivity index (χ0) is 24.2. The average molecular weight is 500 g/mol. The third-order valence-electron chi connectivity index (χ3n) is 5.21. The topological polar surface area (TPSA) is 86.8 Å². The van der Waals surface area contributed by atoms with Gasteiger partial charge in [-0.1, -0.05) is 35.3 Å². The fraction of sp³-hybridized carbons (Fsp3) is 0.364. The second kappa shape index (κ2) is 10.6. The number of hydrogen-bond acceptors (Lipinski definition) is 4. The Morgan fingerprint density at radius 1 is 1.03 bits per heavy atom. The molecular weight excluding hydrogens is 473 g/mol. The zero-order valence-corrected chi connectivity index (χ0v) is 21.0. The Labute approximate surface area is 199 Å². The highest BCUT2D eigenvalue weighted by molar-refractivity contribution is 7.92. The quantitative estimate of drug-likeness (QED) is 0.601. The van der Waals surface area contributed by atoms with Gasteiger partial charge in [0.1, 0.15) is 12.6 Å². The maximum absolute atomic E-state index is 13.3. The van der Waals surface area contributed by atoms with Crippen LogP contribution in [0.5, 0.6) is 0 Å². The van der Waals surface area contributed by atoms with Crippen molar-refractivity contribution in [1.29, 1.82) is 0 Å². The van der Waals surface area contributed by atoms with Crippen molar-refractivity contribution in [3.8, 4) is 0 Å². The lowest BCUT2D eigenvalue weighted by atomic mass is 10.1. The van der Waals surface area contributed by atoms with Crippen LogP contribution in [0.4, 0.5) is 5.69 Å². The Morgan fingerprint density at radius 2 is 1.69 bits per heavy atom. The summed E-state index contributed by atoms with van der Waals surface area (Å²) in [5, 5.41) is 3.21. The maximum atomic E-state index is 13.3. The van der Waals surface area contributed by atoms with Crippen LogP contribution in [0.1, 0.15) is 23.6 Å². The molecule has 0 spiro atoms. The van der Waals surface area contributed by atoms with Gasteiger partial charge in [0.25, 0.3) is 0 Å². The molecule has 0 radical (unpaired) electrons. The lowest BCUT2D eigenvalue weighted by molar-refractivity contribution is -0.139. The van der Waals surface area contributed by atoms with Gasteiger partial charge in [0.2, 0.25) is 21.8 Å².